The minimum atomic E-state index is 0.838. The highest BCUT2D eigenvalue weighted by Gasteiger charge is 2.24. The van der Waals surface area contributed by atoms with Crippen LogP contribution in [0.2, 0.25) is 0 Å². The number of ether oxygens (including phenoxy) is 1. The number of fused-ring (bicyclic) bond motifs is 4. The Morgan fingerprint density at radius 3 is 2.29 bits per heavy atom. The predicted octanol–water partition coefficient (Wildman–Crippen LogP) is 6.07. The predicted molar refractivity (Wildman–Crippen MR) is 89.7 cm³/mol. The van der Waals surface area contributed by atoms with Crippen molar-refractivity contribution in [1.29, 1.82) is 0 Å². The van der Waals surface area contributed by atoms with Gasteiger partial charge in [0.1, 0.15) is 5.75 Å². The van der Waals surface area contributed by atoms with Gasteiger partial charge in [-0.2, -0.15) is 0 Å². The summed E-state index contributed by atoms with van der Waals surface area (Å²) >= 11 is 0. The Labute approximate surface area is 128 Å². The second kappa shape index (κ2) is 6.80. The van der Waals surface area contributed by atoms with Crippen molar-refractivity contribution in [2.45, 2.75) is 45.4 Å². The summed E-state index contributed by atoms with van der Waals surface area (Å²) in [6.07, 6.45) is 7.83. The third-order valence-electron chi connectivity index (χ3n) is 4.27. The quantitative estimate of drug-likeness (QED) is 0.455. The Morgan fingerprint density at radius 2 is 1.43 bits per heavy atom. The molecule has 2 aromatic rings. The van der Waals surface area contributed by atoms with Crippen molar-refractivity contribution in [3.05, 3.63) is 42.5 Å². The van der Waals surface area contributed by atoms with E-state index >= 15 is 0 Å². The van der Waals surface area contributed by atoms with E-state index in [1.54, 1.807) is 0 Å². The molecule has 1 aliphatic carbocycles. The van der Waals surface area contributed by atoms with Gasteiger partial charge in [-0.25, -0.2) is 0 Å². The first kappa shape index (κ1) is 14.2. The van der Waals surface area contributed by atoms with Gasteiger partial charge in [0, 0.05) is 5.56 Å². The van der Waals surface area contributed by atoms with Gasteiger partial charge in [-0.15, -0.1) is 0 Å². The first-order valence-corrected chi connectivity index (χ1v) is 8.27. The van der Waals surface area contributed by atoms with E-state index in [1.807, 2.05) is 0 Å². The van der Waals surface area contributed by atoms with E-state index < -0.39 is 0 Å². The molecule has 0 heterocycles. The van der Waals surface area contributed by atoms with Gasteiger partial charge in [0.05, 0.1) is 6.61 Å². The van der Waals surface area contributed by atoms with Crippen molar-refractivity contribution < 1.29 is 4.74 Å². The van der Waals surface area contributed by atoms with Crippen molar-refractivity contribution in [3.63, 3.8) is 0 Å². The van der Waals surface area contributed by atoms with Crippen molar-refractivity contribution in [3.8, 4) is 28.0 Å². The van der Waals surface area contributed by atoms with Crippen LogP contribution in [0.25, 0.3) is 22.3 Å². The minimum absolute atomic E-state index is 0.838. The largest absolute Gasteiger partial charge is 0.493 e. The Hall–Kier alpha value is -1.76. The van der Waals surface area contributed by atoms with Gasteiger partial charge in [0.25, 0.3) is 0 Å². The molecule has 2 aromatic carbocycles. The molecule has 0 N–H and O–H groups in total. The van der Waals surface area contributed by atoms with Gasteiger partial charge >= 0.3 is 0 Å². The number of hydrogen-bond acceptors (Lipinski definition) is 1. The van der Waals surface area contributed by atoms with Gasteiger partial charge in [0.15, 0.2) is 0 Å². The number of rotatable bonds is 8. The van der Waals surface area contributed by atoms with Gasteiger partial charge in [-0.05, 0) is 29.2 Å². The maximum absolute atomic E-state index is 6.03. The third-order valence-corrected chi connectivity index (χ3v) is 4.27. The summed E-state index contributed by atoms with van der Waals surface area (Å²) in [5, 5.41) is 0. The molecule has 0 fully saturated rings. The normalized spacial score (nSPS) is 11.5. The first-order valence-electron chi connectivity index (χ1n) is 8.27. The van der Waals surface area contributed by atoms with E-state index in [4.69, 9.17) is 4.74 Å². The molecule has 1 heteroatoms. The van der Waals surface area contributed by atoms with Gasteiger partial charge in [0.2, 0.25) is 0 Å². The zero-order chi connectivity index (χ0) is 14.5. The van der Waals surface area contributed by atoms with Crippen LogP contribution in [0.15, 0.2) is 42.5 Å². The van der Waals surface area contributed by atoms with E-state index in [-0.39, 0.29) is 0 Å². The fourth-order valence-electron chi connectivity index (χ4n) is 3.09. The summed E-state index contributed by atoms with van der Waals surface area (Å²) in [6, 6.07) is 15.0. The lowest BCUT2D eigenvalue weighted by molar-refractivity contribution is 0.305. The molecule has 0 amide bonds. The van der Waals surface area contributed by atoms with E-state index in [0.29, 0.717) is 0 Å². The molecule has 0 radical (unpaired) electrons. The van der Waals surface area contributed by atoms with Crippen LogP contribution in [0.5, 0.6) is 5.75 Å². The van der Waals surface area contributed by atoms with Crippen molar-refractivity contribution in [2.24, 2.45) is 0 Å². The highest BCUT2D eigenvalue weighted by molar-refractivity contribution is 6.04. The molecule has 0 unspecified atom stereocenters. The first-order chi connectivity index (χ1) is 10.4. The number of unbranched alkanes of at least 4 members (excludes halogenated alkanes) is 5. The van der Waals surface area contributed by atoms with Crippen LogP contribution < -0.4 is 4.74 Å². The average molecular weight is 280 g/mol. The molecular weight excluding hydrogens is 256 g/mol. The summed E-state index contributed by atoms with van der Waals surface area (Å²) < 4.78 is 6.03. The number of benzene rings is 2. The zero-order valence-electron chi connectivity index (χ0n) is 12.9. The lowest BCUT2D eigenvalue weighted by Crippen LogP contribution is -2.04. The minimum Gasteiger partial charge on any atom is -0.493 e. The maximum Gasteiger partial charge on any atom is 0.127 e. The maximum atomic E-state index is 6.03. The lowest BCUT2D eigenvalue weighted by Gasteiger charge is -2.26. The van der Waals surface area contributed by atoms with E-state index in [9.17, 15) is 0 Å². The molecule has 0 aliphatic heterocycles. The molecule has 0 bridgehead atoms. The highest BCUT2D eigenvalue weighted by Crippen LogP contribution is 2.51. The van der Waals surface area contributed by atoms with Gasteiger partial charge in [-0.1, -0.05) is 75.4 Å². The SMILES string of the molecule is CCCCCCCCOc1cccc2c1-c1ccccc1-2. The second-order valence-electron chi connectivity index (χ2n) is 5.84. The summed E-state index contributed by atoms with van der Waals surface area (Å²) in [7, 11) is 0. The molecular formula is C20H24O. The van der Waals surface area contributed by atoms with Crippen molar-refractivity contribution in [2.75, 3.05) is 6.61 Å². The van der Waals surface area contributed by atoms with Crippen LogP contribution in [0.3, 0.4) is 0 Å². The van der Waals surface area contributed by atoms with Crippen molar-refractivity contribution in [1.82, 2.24) is 0 Å². The highest BCUT2D eigenvalue weighted by atomic mass is 16.5. The van der Waals surface area contributed by atoms with Gasteiger partial charge < -0.3 is 4.74 Å². The second-order valence-corrected chi connectivity index (χ2v) is 5.84. The summed E-state index contributed by atoms with van der Waals surface area (Å²) in [5.41, 5.74) is 5.34. The average Bonchev–Trinajstić information content (AvgIpc) is 2.51. The van der Waals surface area contributed by atoms with Crippen LogP contribution in [0.4, 0.5) is 0 Å². The summed E-state index contributed by atoms with van der Waals surface area (Å²) in [5.74, 6) is 1.06. The fourth-order valence-corrected chi connectivity index (χ4v) is 3.09. The smallest absolute Gasteiger partial charge is 0.127 e. The van der Waals surface area contributed by atoms with Crippen LogP contribution in [0, 0.1) is 0 Å². The molecule has 0 atom stereocenters. The molecule has 1 nitrogen and oxygen atoms in total. The topological polar surface area (TPSA) is 9.23 Å². The zero-order valence-corrected chi connectivity index (χ0v) is 12.9. The molecule has 110 valence electrons. The molecule has 0 aromatic heterocycles. The Bertz CT molecular complexity index is 601. The van der Waals surface area contributed by atoms with Crippen LogP contribution in [-0.2, 0) is 0 Å². The fraction of sp³-hybridized carbons (Fsp3) is 0.400. The standard InChI is InChI=1S/C20H24O/c1-2-3-4-5-6-9-15-21-19-14-10-13-18-16-11-7-8-12-17(16)20(18)19/h7-8,10-14H,2-6,9,15H2,1H3. The van der Waals surface area contributed by atoms with E-state index in [2.05, 4.69) is 49.4 Å². The molecule has 1 aliphatic rings. The molecule has 3 rings (SSSR count). The summed E-state index contributed by atoms with van der Waals surface area (Å²) in [6.45, 7) is 3.10. The van der Waals surface area contributed by atoms with E-state index in [1.165, 1.54) is 54.4 Å². The molecule has 0 saturated heterocycles. The Morgan fingerprint density at radius 1 is 0.714 bits per heavy atom. The molecule has 0 spiro atoms. The van der Waals surface area contributed by atoms with E-state index in [0.717, 1.165) is 18.8 Å². The lowest BCUT2D eigenvalue weighted by atomic mass is 9.80. The monoisotopic (exact) mass is 280 g/mol. The Kier molecular flexibility index (Phi) is 4.59. The van der Waals surface area contributed by atoms with Crippen LogP contribution in [0.1, 0.15) is 45.4 Å². The van der Waals surface area contributed by atoms with Crippen LogP contribution >= 0.6 is 0 Å². The number of hydrogen-bond donors (Lipinski definition) is 0. The van der Waals surface area contributed by atoms with Crippen LogP contribution in [-0.4, -0.2) is 6.61 Å². The van der Waals surface area contributed by atoms with Crippen molar-refractivity contribution >= 4 is 0 Å². The molecule has 0 saturated carbocycles. The van der Waals surface area contributed by atoms with Gasteiger partial charge in [-0.3, -0.25) is 0 Å². The molecule has 21 heavy (non-hydrogen) atoms. The summed E-state index contributed by atoms with van der Waals surface area (Å²) in [4.78, 5) is 0. The third kappa shape index (κ3) is 2.97. The Balaban J connectivity index is 1.53.